The van der Waals surface area contributed by atoms with Crippen molar-refractivity contribution in [2.45, 2.75) is 104 Å². The quantitative estimate of drug-likeness (QED) is 0.149. The lowest BCUT2D eigenvalue weighted by Gasteiger charge is -2.38. The van der Waals surface area contributed by atoms with Crippen LogP contribution in [0.25, 0.3) is 0 Å². The largest absolute Gasteiger partial charge is 0.527 e. The van der Waals surface area contributed by atoms with Crippen molar-refractivity contribution in [3.8, 4) is 0 Å². The minimum atomic E-state index is -8.19. The molecule has 0 N–H and O–H groups in total. The van der Waals surface area contributed by atoms with Crippen molar-refractivity contribution in [1.82, 2.24) is 0 Å². The van der Waals surface area contributed by atoms with Gasteiger partial charge in [-0.25, -0.2) is 23.7 Å². The molecule has 2 aliphatic rings. The highest BCUT2D eigenvalue weighted by atomic mass is 19.5. The molecular formula is C25H8F42O9. The Labute approximate surface area is 382 Å². The van der Waals surface area contributed by atoms with Crippen molar-refractivity contribution in [3.05, 3.63) is 24.1 Å². The summed E-state index contributed by atoms with van der Waals surface area (Å²) in [4.78, 5) is 0. The van der Waals surface area contributed by atoms with Gasteiger partial charge in [-0.05, 0) is 0 Å². The molecule has 0 saturated carbocycles. The first-order valence-electron chi connectivity index (χ1n) is 15.9. The molecule has 0 aliphatic carbocycles. The Hall–Kier alpha value is -4.46. The van der Waals surface area contributed by atoms with E-state index in [1.165, 1.54) is 14.2 Å². The van der Waals surface area contributed by atoms with Crippen LogP contribution in [-0.2, 0) is 42.6 Å². The third kappa shape index (κ3) is 17.3. The highest BCUT2D eigenvalue weighted by Crippen LogP contribution is 2.59. The van der Waals surface area contributed by atoms with Crippen LogP contribution < -0.4 is 0 Å². The zero-order valence-corrected chi connectivity index (χ0v) is 32.9. The second-order valence-electron chi connectivity index (χ2n) is 11.9. The average molecular weight is 1250 g/mol. The summed E-state index contributed by atoms with van der Waals surface area (Å²) in [5.74, 6) is -41.4. The number of halogens is 42. The third-order valence-electron chi connectivity index (χ3n) is 6.33. The molecule has 9 nitrogen and oxygen atoms in total. The molecule has 2 fully saturated rings. The van der Waals surface area contributed by atoms with Crippen molar-refractivity contribution in [2.24, 2.45) is 0 Å². The van der Waals surface area contributed by atoms with Gasteiger partial charge in [0, 0.05) is 0 Å². The zero-order valence-electron chi connectivity index (χ0n) is 32.9. The number of hydrogen-bond acceptors (Lipinski definition) is 9. The number of alkyl halides is 38. The fourth-order valence-corrected chi connectivity index (χ4v) is 3.06. The van der Waals surface area contributed by atoms with Crippen molar-refractivity contribution in [1.29, 1.82) is 0 Å². The van der Waals surface area contributed by atoms with Gasteiger partial charge in [-0.15, -0.1) is 26.3 Å². The Morgan fingerprint density at radius 1 is 0.250 bits per heavy atom. The lowest BCUT2D eigenvalue weighted by atomic mass is 10.1. The highest BCUT2D eigenvalue weighted by molar-refractivity contribution is 4.99. The Kier molecular flexibility index (Phi) is 22.0. The van der Waals surface area contributed by atoms with Gasteiger partial charge >= 0.3 is 128 Å². The molecule has 456 valence electrons. The first-order chi connectivity index (χ1) is 32.6. The van der Waals surface area contributed by atoms with Crippen LogP contribution in [0.1, 0.15) is 0 Å². The van der Waals surface area contributed by atoms with E-state index >= 15 is 0 Å². The van der Waals surface area contributed by atoms with E-state index in [-0.39, 0.29) is 26.4 Å². The highest BCUT2D eigenvalue weighted by Gasteiger charge is 2.88. The fourth-order valence-electron chi connectivity index (χ4n) is 3.06. The summed E-state index contributed by atoms with van der Waals surface area (Å²) in [7, 11) is 0. The van der Waals surface area contributed by atoms with Crippen LogP contribution in [0, 0.1) is 0 Å². The molecule has 0 aromatic carbocycles. The predicted molar refractivity (Wildman–Crippen MR) is 136 cm³/mol. The standard InChI is InChI=1S/C9F20O3.C8F18O2.2C4H4F2O2/c10-1(11,3(14,15)16)2(12,13)4(17,18)30-5(19,20)6(21,22)31-7(23,24)8(25,26)32-9(27,28)29;9-1(10,4(14,15)16)2(11,12)6(20,21)28-7(22,23)3(13,5(17,18)19)27-8(24,25)26;2*5-3(6)4-7-1-2-8-4/h;;2*1-2H2. The van der Waals surface area contributed by atoms with Crippen molar-refractivity contribution < 1.29 is 227 Å². The van der Waals surface area contributed by atoms with E-state index in [0.717, 1.165) is 9.47 Å². The number of rotatable bonds is 15. The third-order valence-corrected chi connectivity index (χ3v) is 6.33. The maximum Gasteiger partial charge on any atom is 0.527 e. The van der Waals surface area contributed by atoms with Gasteiger partial charge in [-0.1, -0.05) is 0 Å². The molecule has 0 radical (unpaired) electrons. The second kappa shape index (κ2) is 22.7. The predicted octanol–water partition coefficient (Wildman–Crippen LogP) is 14.3. The van der Waals surface area contributed by atoms with Crippen molar-refractivity contribution in [3.63, 3.8) is 0 Å². The Morgan fingerprint density at radius 3 is 0.645 bits per heavy atom. The van der Waals surface area contributed by atoms with Crippen LogP contribution in [0.3, 0.4) is 0 Å². The monoisotopic (exact) mass is 1250 g/mol. The summed E-state index contributed by atoms with van der Waals surface area (Å²) in [6.45, 7) is 0.915. The van der Waals surface area contributed by atoms with Crippen molar-refractivity contribution in [2.75, 3.05) is 26.4 Å². The van der Waals surface area contributed by atoms with E-state index in [2.05, 4.69) is 18.9 Å². The van der Waals surface area contributed by atoms with Gasteiger partial charge < -0.3 is 18.9 Å². The van der Waals surface area contributed by atoms with Gasteiger partial charge in [0.15, 0.2) is 0 Å². The first kappa shape index (κ1) is 73.6. The van der Waals surface area contributed by atoms with Crippen LogP contribution in [-0.4, -0.2) is 130 Å². The molecule has 0 spiro atoms. The van der Waals surface area contributed by atoms with Crippen molar-refractivity contribution >= 4 is 0 Å². The minimum absolute atomic E-state index is 0.229. The zero-order chi connectivity index (χ0) is 62.0. The molecule has 51 heteroatoms. The number of hydrogen-bond donors (Lipinski definition) is 0. The minimum Gasteiger partial charge on any atom is -0.458 e. The molecule has 0 bridgehead atoms. The Balaban J connectivity index is 0. The van der Waals surface area contributed by atoms with E-state index < -0.39 is 128 Å². The first-order valence-corrected chi connectivity index (χ1v) is 15.9. The van der Waals surface area contributed by atoms with Gasteiger partial charge in [0.2, 0.25) is 0 Å². The summed E-state index contributed by atoms with van der Waals surface area (Å²) in [6.07, 6.45) is -95.4. The van der Waals surface area contributed by atoms with Gasteiger partial charge in [-0.2, -0.15) is 158 Å². The SMILES string of the molecule is FC(F)(F)OC(F)(C(F)(F)F)C(F)(F)OC(F)(F)C(F)(F)C(F)(F)C(F)(F)F.FC(F)(F)OC(F)(F)C(F)(F)OC(F)(F)C(F)(F)OC(F)(F)C(F)(F)C(F)(F)C(F)(F)F.FC(F)=C1OCCO1.FC(F)=C1OCCO1. The maximum atomic E-state index is 13.1. The molecule has 2 saturated heterocycles. The van der Waals surface area contributed by atoms with E-state index in [1.54, 1.807) is 0 Å². The van der Waals surface area contributed by atoms with E-state index in [4.69, 9.17) is 0 Å². The van der Waals surface area contributed by atoms with Crippen LogP contribution >= 0.6 is 0 Å². The molecule has 2 aliphatic heterocycles. The normalized spacial score (nSPS) is 17.3. The van der Waals surface area contributed by atoms with Gasteiger partial charge in [0.1, 0.15) is 26.4 Å². The molecule has 0 aromatic rings. The fraction of sp³-hybridized carbons (Fsp3) is 0.840. The molecule has 0 amide bonds. The van der Waals surface area contributed by atoms with Gasteiger partial charge in [0.25, 0.3) is 0 Å². The summed E-state index contributed by atoms with van der Waals surface area (Å²) in [5, 5.41) is 0. The molecular weight excluding hydrogens is 1240 g/mol. The molecule has 0 aromatic heterocycles. The summed E-state index contributed by atoms with van der Waals surface area (Å²) in [6, 6.07) is 0. The van der Waals surface area contributed by atoms with Crippen LogP contribution in [0.2, 0.25) is 0 Å². The summed E-state index contributed by atoms with van der Waals surface area (Å²) >= 11 is 0. The Bertz CT molecular complexity index is 1890. The van der Waals surface area contributed by atoms with Gasteiger partial charge in [0.05, 0.1) is 0 Å². The van der Waals surface area contributed by atoms with E-state index in [0.29, 0.717) is 0 Å². The summed E-state index contributed by atoms with van der Waals surface area (Å²) in [5.41, 5.74) is 0. The van der Waals surface area contributed by atoms with Crippen LogP contribution in [0.5, 0.6) is 0 Å². The molecule has 2 rings (SSSR count). The molecule has 2 heterocycles. The van der Waals surface area contributed by atoms with E-state index in [1.807, 2.05) is 0 Å². The molecule has 76 heavy (non-hydrogen) atoms. The van der Waals surface area contributed by atoms with E-state index in [9.17, 15) is 184 Å². The average Bonchev–Trinajstić information content (AvgIpc) is 3.87. The Morgan fingerprint density at radius 2 is 0.461 bits per heavy atom. The lowest BCUT2D eigenvalue weighted by Crippen LogP contribution is -2.67. The van der Waals surface area contributed by atoms with Crippen LogP contribution in [0.15, 0.2) is 24.1 Å². The molecule has 1 atom stereocenters. The summed E-state index contributed by atoms with van der Waals surface area (Å²) < 4.78 is 537. The number of ether oxygens (including phenoxy) is 9. The topological polar surface area (TPSA) is 83.1 Å². The second-order valence-corrected chi connectivity index (χ2v) is 11.9. The van der Waals surface area contributed by atoms with Gasteiger partial charge in [-0.3, -0.25) is 0 Å². The lowest BCUT2D eigenvalue weighted by molar-refractivity contribution is -0.574. The van der Waals surface area contributed by atoms with Crippen LogP contribution in [0.4, 0.5) is 184 Å². The maximum absolute atomic E-state index is 13.1. The smallest absolute Gasteiger partial charge is 0.458 e. The molecule has 1 unspecified atom stereocenters.